The van der Waals surface area contributed by atoms with E-state index in [1.54, 1.807) is 6.07 Å². The summed E-state index contributed by atoms with van der Waals surface area (Å²) in [5, 5.41) is 32.7. The average molecular weight is 1140 g/mol. The topological polar surface area (TPSA) is 463 Å². The Morgan fingerprint density at radius 2 is 0.793 bits per heavy atom. The van der Waals surface area contributed by atoms with Gasteiger partial charge >= 0.3 is 0 Å². The summed E-state index contributed by atoms with van der Waals surface area (Å²) < 4.78 is 16.1. The van der Waals surface area contributed by atoms with Crippen molar-refractivity contribution in [3.63, 3.8) is 0 Å². The largest absolute Gasteiger partial charge is 0.507 e. The lowest BCUT2D eigenvalue weighted by Gasteiger charge is -2.21. The normalized spacial score (nSPS) is 12.4. The van der Waals surface area contributed by atoms with Gasteiger partial charge in [-0.15, -0.1) is 0 Å². The third-order valence-electron chi connectivity index (χ3n) is 12.8. The van der Waals surface area contributed by atoms with Crippen LogP contribution in [0.1, 0.15) is 112 Å². The second-order valence-corrected chi connectivity index (χ2v) is 19.0. The maximum absolute atomic E-state index is 14.1. The van der Waals surface area contributed by atoms with Crippen LogP contribution in [0.4, 0.5) is 22.7 Å². The number of hydrogen-bond acceptors (Lipinski definition) is 19. The highest BCUT2D eigenvalue weighted by Gasteiger charge is 2.29. The van der Waals surface area contributed by atoms with E-state index in [9.17, 15) is 43.5 Å². The van der Waals surface area contributed by atoms with E-state index < -0.39 is 83.5 Å². The monoisotopic (exact) mass is 1140 g/mol. The van der Waals surface area contributed by atoms with Crippen LogP contribution in [-0.4, -0.2) is 130 Å². The number of phenolic OH excluding ortho intramolecular Hbond substituents is 1. The maximum atomic E-state index is 14.1. The first-order valence-electron chi connectivity index (χ1n) is 26.7. The van der Waals surface area contributed by atoms with Crippen LogP contribution in [0.3, 0.4) is 0 Å². The molecule has 4 unspecified atom stereocenters. The number of nitrogens with two attached hydrogens (primary N) is 7. The predicted molar refractivity (Wildman–Crippen MR) is 310 cm³/mol. The van der Waals surface area contributed by atoms with Crippen molar-refractivity contribution < 1.29 is 57.7 Å². The number of ether oxygens (including phenoxy) is 3. The van der Waals surface area contributed by atoms with E-state index in [0.29, 0.717) is 64.5 Å². The average Bonchev–Trinajstić information content (AvgIpc) is 3.67. The Kier molecular flexibility index (Phi) is 27.4. The molecule has 446 valence electrons. The number of phenols is 1. The second-order valence-electron chi connectivity index (χ2n) is 19.0. The van der Waals surface area contributed by atoms with Crippen molar-refractivity contribution in [2.24, 2.45) is 40.1 Å². The van der Waals surface area contributed by atoms with Gasteiger partial charge in [-0.2, -0.15) is 0 Å². The molecule has 82 heavy (non-hydrogen) atoms. The molecule has 0 aliphatic carbocycles. The van der Waals surface area contributed by atoms with Crippen molar-refractivity contribution in [3.05, 3.63) is 95.1 Å². The van der Waals surface area contributed by atoms with E-state index in [1.165, 1.54) is 88.1 Å². The number of aromatic hydroxyl groups is 1. The van der Waals surface area contributed by atoms with Crippen molar-refractivity contribution in [2.75, 3.05) is 68.8 Å². The van der Waals surface area contributed by atoms with Gasteiger partial charge < -0.3 is 96.7 Å². The highest BCUT2D eigenvalue weighted by Crippen LogP contribution is 2.28. The van der Waals surface area contributed by atoms with Crippen molar-refractivity contribution in [1.82, 2.24) is 21.3 Å². The molecule has 4 rings (SSSR count). The molecule has 0 saturated heterocycles. The van der Waals surface area contributed by atoms with Gasteiger partial charge in [-0.3, -0.25) is 43.7 Å². The lowest BCUT2D eigenvalue weighted by Crippen LogP contribution is -2.47. The molecule has 23 N–H and O–H groups in total. The quantitative estimate of drug-likeness (QED) is 0.0173. The summed E-state index contributed by atoms with van der Waals surface area (Å²) in [7, 11) is 4.04. The molecule has 4 aromatic carbocycles. The van der Waals surface area contributed by atoms with Gasteiger partial charge in [-0.25, -0.2) is 0 Å². The number of hydrogen-bond donors (Lipinski definition) is 16. The highest BCUT2D eigenvalue weighted by molar-refractivity contribution is 6.07. The third-order valence-corrected chi connectivity index (χ3v) is 12.8. The van der Waals surface area contributed by atoms with Crippen LogP contribution in [-0.2, 0) is 19.2 Å². The first kappa shape index (κ1) is 66.1. The molecule has 0 fully saturated rings. The van der Waals surface area contributed by atoms with Crippen LogP contribution in [0.15, 0.2) is 72.8 Å². The molecule has 4 aromatic rings. The fraction of sp³-hybridized carbons (Fsp3) is 0.418. The molecule has 0 spiro atoms. The summed E-state index contributed by atoms with van der Waals surface area (Å²) in [6, 6.07) is 12.2. The first-order chi connectivity index (χ1) is 39.3. The summed E-state index contributed by atoms with van der Waals surface area (Å²) in [6.07, 6.45) is 3.39. The Morgan fingerprint density at radius 1 is 0.451 bits per heavy atom. The van der Waals surface area contributed by atoms with Gasteiger partial charge in [0.15, 0.2) is 0 Å². The molecular formula is C55H79N15O12. The zero-order valence-electron chi connectivity index (χ0n) is 46.4. The number of anilines is 4. The van der Waals surface area contributed by atoms with Crippen LogP contribution >= 0.6 is 0 Å². The number of carbonyl (C=O) groups excluding carboxylic acids is 8. The minimum atomic E-state index is -1.24. The first-order valence-corrected chi connectivity index (χ1v) is 26.7. The van der Waals surface area contributed by atoms with Crippen LogP contribution < -0.4 is 96.9 Å². The Hall–Kier alpha value is -8.44. The number of unbranched alkanes of at least 4 members (excludes halogenated alkanes) is 3. The van der Waals surface area contributed by atoms with Gasteiger partial charge in [0.2, 0.25) is 23.6 Å². The number of primary amides is 1. The molecule has 0 aromatic heterocycles. The molecule has 0 saturated carbocycles. The molecule has 0 aliphatic heterocycles. The Morgan fingerprint density at radius 3 is 1.18 bits per heavy atom. The predicted octanol–water partition coefficient (Wildman–Crippen LogP) is 0.952. The van der Waals surface area contributed by atoms with Gasteiger partial charge in [0.25, 0.3) is 23.6 Å². The van der Waals surface area contributed by atoms with E-state index in [1.807, 2.05) is 0 Å². The van der Waals surface area contributed by atoms with Crippen LogP contribution in [0, 0.1) is 0 Å². The van der Waals surface area contributed by atoms with Crippen molar-refractivity contribution in [2.45, 2.75) is 101 Å². The third kappa shape index (κ3) is 20.6. The van der Waals surface area contributed by atoms with Crippen molar-refractivity contribution in [3.8, 4) is 23.0 Å². The van der Waals surface area contributed by atoms with E-state index in [-0.39, 0.29) is 94.6 Å². The molecule has 0 heterocycles. The molecule has 0 bridgehead atoms. The number of methoxy groups -OCH3 is 3. The number of amides is 8. The summed E-state index contributed by atoms with van der Waals surface area (Å²) in [5.41, 5.74) is 40.2. The van der Waals surface area contributed by atoms with Crippen LogP contribution in [0.5, 0.6) is 23.0 Å². The number of carbonyl (C=O) groups is 8. The standard InChI is InChI=1S/C55H79N15O12/c1-80-44-20-16-32(28-36(44)47(60)72)66-54(79)42(14-10-26-63-55(61)62)70-50(75)38-30-34(18-22-46(38)82-3)67-52(77)40(12-5-8-24-57)68-48(73)35-27-31(15-19-43(35)71)65-53(78)41(13-6-9-25-58)69-49(74)37-29-33(17-21-45(37)81-2)64-51(76)39(59)11-4-7-23-56/h15-22,27-30,39-42,55,63,71H,4-14,23-26,56-59,61-62H2,1-3H3,(H2,60,72)(H,64,76)(H,65,78)(H,66,79)(H,67,77)(H,68,73)(H,69,74)(H,70,75). The molecule has 8 amide bonds. The lowest BCUT2D eigenvalue weighted by atomic mass is 10.1. The van der Waals surface area contributed by atoms with E-state index >= 15 is 0 Å². The molecule has 27 heteroatoms. The smallest absolute Gasteiger partial charge is 0.255 e. The molecule has 4 atom stereocenters. The maximum Gasteiger partial charge on any atom is 0.255 e. The Labute approximate surface area is 475 Å². The van der Waals surface area contributed by atoms with Gasteiger partial charge in [-0.05, 0) is 163 Å². The van der Waals surface area contributed by atoms with Gasteiger partial charge in [0.1, 0.15) is 47.4 Å². The summed E-state index contributed by atoms with van der Waals surface area (Å²) in [6.45, 7) is 1.35. The Balaban J connectivity index is 1.54. The molecule has 0 aliphatic rings. The van der Waals surface area contributed by atoms with E-state index in [2.05, 4.69) is 42.5 Å². The molecule has 0 radical (unpaired) electrons. The summed E-state index contributed by atoms with van der Waals surface area (Å²) in [4.78, 5) is 109. The molecule has 27 nitrogen and oxygen atoms in total. The fourth-order valence-electron chi connectivity index (χ4n) is 8.34. The summed E-state index contributed by atoms with van der Waals surface area (Å²) in [5.74, 6) is -5.76. The molecular weight excluding hydrogens is 1060 g/mol. The highest BCUT2D eigenvalue weighted by atomic mass is 16.5. The number of nitrogens with one attached hydrogen (secondary N) is 8. The van der Waals surface area contributed by atoms with Crippen LogP contribution in [0.2, 0.25) is 0 Å². The number of rotatable bonds is 35. The van der Waals surface area contributed by atoms with Gasteiger partial charge in [-0.1, -0.05) is 6.42 Å². The zero-order chi connectivity index (χ0) is 60.3. The second kappa shape index (κ2) is 34.0. The van der Waals surface area contributed by atoms with Crippen molar-refractivity contribution in [1.29, 1.82) is 0 Å². The van der Waals surface area contributed by atoms with Crippen LogP contribution in [0.25, 0.3) is 0 Å². The van der Waals surface area contributed by atoms with Crippen molar-refractivity contribution >= 4 is 70.0 Å². The fourth-order valence-corrected chi connectivity index (χ4v) is 8.34. The van der Waals surface area contributed by atoms with E-state index in [4.69, 9.17) is 54.3 Å². The number of benzene rings is 4. The van der Waals surface area contributed by atoms with Gasteiger partial charge in [0.05, 0.1) is 49.6 Å². The zero-order valence-corrected chi connectivity index (χ0v) is 46.4. The Bertz CT molecular complexity index is 2840. The van der Waals surface area contributed by atoms with Gasteiger partial charge in [0, 0.05) is 22.7 Å². The lowest BCUT2D eigenvalue weighted by molar-refractivity contribution is -0.118. The minimum absolute atomic E-state index is 0.00800. The summed E-state index contributed by atoms with van der Waals surface area (Å²) >= 11 is 0. The SMILES string of the molecule is COc1ccc(NC(=O)C(CCCNC(N)N)NC(=O)c2cc(NC(=O)C(CCCCN)NC(=O)c3cc(NC(=O)C(CCCCN)NC(=O)c4cc(NC(=O)C(N)CCCCN)ccc4OC)ccc3O)ccc2OC)cc1C(N)=O. The van der Waals surface area contributed by atoms with E-state index in [0.717, 1.165) is 0 Å². The minimum Gasteiger partial charge on any atom is -0.507 e.